The van der Waals surface area contributed by atoms with E-state index in [2.05, 4.69) is 15.3 Å². The second-order valence-electron chi connectivity index (χ2n) is 11.6. The Hall–Kier alpha value is -2.96. The third-order valence-electron chi connectivity index (χ3n) is 9.30. The van der Waals surface area contributed by atoms with E-state index in [1.807, 2.05) is 29.2 Å². The van der Waals surface area contributed by atoms with Gasteiger partial charge in [0.15, 0.2) is 0 Å². The molecule has 1 aromatic heterocycles. The van der Waals surface area contributed by atoms with Crippen LogP contribution in [0, 0.1) is 29.1 Å². The van der Waals surface area contributed by atoms with E-state index in [1.54, 1.807) is 0 Å². The summed E-state index contributed by atoms with van der Waals surface area (Å²) in [5.74, 6) is 3.80. The summed E-state index contributed by atoms with van der Waals surface area (Å²) in [6.07, 6.45) is 9.94. The molecule has 2 amide bonds. The number of ether oxygens (including phenoxy) is 1. The molecule has 0 spiro atoms. The Morgan fingerprint density at radius 1 is 1.03 bits per heavy atom. The van der Waals surface area contributed by atoms with Crippen LogP contribution in [0.2, 0.25) is 0 Å². The van der Waals surface area contributed by atoms with Gasteiger partial charge in [0.05, 0.1) is 23.6 Å². The Morgan fingerprint density at radius 3 is 2.54 bits per heavy atom. The fourth-order valence-electron chi connectivity index (χ4n) is 8.02. The van der Waals surface area contributed by atoms with Crippen molar-refractivity contribution >= 4 is 17.6 Å². The number of rotatable bonds is 3. The lowest BCUT2D eigenvalue weighted by Crippen LogP contribution is -2.52. The van der Waals surface area contributed by atoms with Gasteiger partial charge in [-0.1, -0.05) is 18.2 Å². The molecular formula is C28H32N4O3. The lowest BCUT2D eigenvalue weighted by molar-refractivity contribution is -0.140. The predicted molar refractivity (Wildman–Crippen MR) is 130 cm³/mol. The third kappa shape index (κ3) is 3.62. The van der Waals surface area contributed by atoms with E-state index in [0.29, 0.717) is 38.4 Å². The highest BCUT2D eigenvalue weighted by atomic mass is 16.5. The first-order valence-electron chi connectivity index (χ1n) is 13.2. The molecule has 1 aromatic carbocycles. The van der Waals surface area contributed by atoms with Crippen molar-refractivity contribution in [3.63, 3.8) is 0 Å². The summed E-state index contributed by atoms with van der Waals surface area (Å²) in [5, 5.41) is 3.23. The smallest absolute Gasteiger partial charge is 0.231 e. The molecule has 3 heterocycles. The minimum Gasteiger partial charge on any atom is -0.492 e. The second-order valence-corrected chi connectivity index (χ2v) is 11.6. The van der Waals surface area contributed by atoms with E-state index in [1.165, 1.54) is 25.6 Å². The molecule has 0 radical (unpaired) electrons. The predicted octanol–water partition coefficient (Wildman–Crippen LogP) is 3.77. The Bertz CT molecular complexity index is 1160. The van der Waals surface area contributed by atoms with Crippen molar-refractivity contribution in [2.24, 2.45) is 29.1 Å². The number of nitrogens with zero attached hydrogens (tertiary/aromatic N) is 3. The van der Waals surface area contributed by atoms with Gasteiger partial charge in [0.25, 0.3) is 0 Å². The third-order valence-corrected chi connectivity index (χ3v) is 9.30. The fourth-order valence-corrected chi connectivity index (χ4v) is 8.02. The van der Waals surface area contributed by atoms with Crippen molar-refractivity contribution in [3.05, 3.63) is 47.4 Å². The summed E-state index contributed by atoms with van der Waals surface area (Å²) in [7, 11) is 0. The van der Waals surface area contributed by atoms with Crippen LogP contribution < -0.4 is 10.1 Å². The first-order valence-corrected chi connectivity index (χ1v) is 13.2. The van der Waals surface area contributed by atoms with Gasteiger partial charge < -0.3 is 15.0 Å². The van der Waals surface area contributed by atoms with Crippen molar-refractivity contribution in [2.45, 2.75) is 57.9 Å². The maximum absolute atomic E-state index is 13.6. The SMILES string of the molecule is O=C(C1COc2ccccc2C1)N1CCc2c(ncnc2NC(=O)C23CC4CC(CC(C4)C2)C3)C1. The highest BCUT2D eigenvalue weighted by molar-refractivity contribution is 5.95. The van der Waals surface area contributed by atoms with Crippen LogP contribution in [0.4, 0.5) is 5.82 Å². The Kier molecular flexibility index (Phi) is 4.90. The number of anilines is 1. The Balaban J connectivity index is 1.06. The molecule has 1 unspecified atom stereocenters. The molecule has 4 aliphatic carbocycles. The Morgan fingerprint density at radius 2 is 1.77 bits per heavy atom. The minimum atomic E-state index is -0.208. The van der Waals surface area contributed by atoms with Gasteiger partial charge in [0.1, 0.15) is 24.5 Å². The molecule has 1 N–H and O–H groups in total. The van der Waals surface area contributed by atoms with Crippen LogP contribution in [-0.2, 0) is 29.0 Å². The highest BCUT2D eigenvalue weighted by Gasteiger charge is 2.54. The molecule has 4 bridgehead atoms. The van der Waals surface area contributed by atoms with Gasteiger partial charge in [-0.15, -0.1) is 0 Å². The molecule has 4 fully saturated rings. The maximum Gasteiger partial charge on any atom is 0.231 e. The molecular weight excluding hydrogens is 440 g/mol. The van der Waals surface area contributed by atoms with Gasteiger partial charge in [-0.25, -0.2) is 9.97 Å². The van der Waals surface area contributed by atoms with E-state index in [4.69, 9.17) is 4.74 Å². The van der Waals surface area contributed by atoms with Crippen LogP contribution in [0.15, 0.2) is 30.6 Å². The van der Waals surface area contributed by atoms with Crippen LogP contribution in [0.1, 0.15) is 55.3 Å². The lowest BCUT2D eigenvalue weighted by Gasteiger charge is -2.55. The number of carbonyl (C=O) groups excluding carboxylic acids is 2. The lowest BCUT2D eigenvalue weighted by atomic mass is 9.49. The van der Waals surface area contributed by atoms with Crippen LogP contribution in [0.3, 0.4) is 0 Å². The summed E-state index contributed by atoms with van der Waals surface area (Å²) in [5.41, 5.74) is 2.71. The average Bonchev–Trinajstić information content (AvgIpc) is 2.87. The number of amides is 2. The number of aromatic nitrogens is 2. The molecule has 4 saturated carbocycles. The molecule has 7 heteroatoms. The minimum absolute atomic E-state index is 0.114. The number of hydrogen-bond donors (Lipinski definition) is 1. The molecule has 6 aliphatic rings. The molecule has 2 aliphatic heterocycles. The topological polar surface area (TPSA) is 84.4 Å². The van der Waals surface area contributed by atoms with Gasteiger partial charge in [-0.3, -0.25) is 9.59 Å². The van der Waals surface area contributed by atoms with E-state index >= 15 is 0 Å². The molecule has 1 atom stereocenters. The van der Waals surface area contributed by atoms with E-state index in [9.17, 15) is 9.59 Å². The van der Waals surface area contributed by atoms with Gasteiger partial charge in [-0.2, -0.15) is 0 Å². The van der Waals surface area contributed by atoms with Crippen LogP contribution >= 0.6 is 0 Å². The Labute approximate surface area is 205 Å². The molecule has 2 aromatic rings. The zero-order chi connectivity index (χ0) is 23.6. The second kappa shape index (κ2) is 8.04. The molecule has 8 rings (SSSR count). The van der Waals surface area contributed by atoms with Crippen molar-refractivity contribution in [1.29, 1.82) is 0 Å². The van der Waals surface area contributed by atoms with E-state index in [0.717, 1.165) is 59.6 Å². The van der Waals surface area contributed by atoms with Gasteiger partial charge in [0.2, 0.25) is 11.8 Å². The zero-order valence-electron chi connectivity index (χ0n) is 20.0. The van der Waals surface area contributed by atoms with Gasteiger partial charge in [-0.05, 0) is 80.8 Å². The summed E-state index contributed by atoms with van der Waals surface area (Å²) in [6.45, 7) is 1.47. The van der Waals surface area contributed by atoms with Crippen molar-refractivity contribution in [1.82, 2.24) is 14.9 Å². The normalized spacial score (nSPS) is 32.4. The van der Waals surface area contributed by atoms with Crippen molar-refractivity contribution in [3.8, 4) is 5.75 Å². The molecule has 0 saturated heterocycles. The zero-order valence-corrected chi connectivity index (χ0v) is 20.0. The average molecular weight is 473 g/mol. The van der Waals surface area contributed by atoms with Crippen LogP contribution in [0.5, 0.6) is 5.75 Å². The van der Waals surface area contributed by atoms with Crippen LogP contribution in [-0.4, -0.2) is 39.8 Å². The van der Waals surface area contributed by atoms with Crippen LogP contribution in [0.25, 0.3) is 0 Å². The van der Waals surface area contributed by atoms with E-state index < -0.39 is 0 Å². The number of fused-ring (bicyclic) bond motifs is 2. The summed E-state index contributed by atoms with van der Waals surface area (Å²) in [6, 6.07) is 7.94. The molecule has 182 valence electrons. The van der Waals surface area contributed by atoms with Gasteiger partial charge in [0, 0.05) is 12.1 Å². The van der Waals surface area contributed by atoms with Crippen molar-refractivity contribution < 1.29 is 14.3 Å². The van der Waals surface area contributed by atoms with Gasteiger partial charge >= 0.3 is 0 Å². The summed E-state index contributed by atoms with van der Waals surface area (Å²) in [4.78, 5) is 37.8. The van der Waals surface area contributed by atoms with E-state index in [-0.39, 0.29) is 23.1 Å². The fraction of sp³-hybridized carbons (Fsp3) is 0.571. The quantitative estimate of drug-likeness (QED) is 0.735. The summed E-state index contributed by atoms with van der Waals surface area (Å²) >= 11 is 0. The number of hydrogen-bond acceptors (Lipinski definition) is 5. The maximum atomic E-state index is 13.6. The first kappa shape index (κ1) is 21.3. The number of benzene rings is 1. The number of carbonyl (C=O) groups is 2. The summed E-state index contributed by atoms with van der Waals surface area (Å²) < 4.78 is 5.86. The standard InChI is InChI=1S/C28H32N4O3/c33-26(21-10-20-3-1-2-4-24(20)35-15-21)32-6-5-22-23(14-32)29-16-30-25(22)31-27(34)28-11-17-7-18(12-28)9-19(8-17)13-28/h1-4,16-19,21H,5-15H2,(H,29,30,31,34). The monoisotopic (exact) mass is 472 g/mol. The molecule has 7 nitrogen and oxygen atoms in total. The number of nitrogens with one attached hydrogen (secondary N) is 1. The number of para-hydroxylation sites is 1. The highest BCUT2D eigenvalue weighted by Crippen LogP contribution is 2.60. The molecule has 35 heavy (non-hydrogen) atoms. The first-order chi connectivity index (χ1) is 17.1. The van der Waals surface area contributed by atoms with Crippen molar-refractivity contribution in [2.75, 3.05) is 18.5 Å². The largest absolute Gasteiger partial charge is 0.492 e.